The Morgan fingerprint density at radius 1 is 1.39 bits per heavy atom. The van der Waals surface area contributed by atoms with Crippen LogP contribution in [0.3, 0.4) is 0 Å². The van der Waals surface area contributed by atoms with Crippen LogP contribution in [0.1, 0.15) is 17.2 Å². The highest BCUT2D eigenvalue weighted by atomic mass is 79.9. The van der Waals surface area contributed by atoms with Crippen molar-refractivity contribution in [2.45, 2.75) is 6.04 Å². The van der Waals surface area contributed by atoms with Gasteiger partial charge in [0.2, 0.25) is 0 Å². The number of rotatable bonds is 3. The van der Waals surface area contributed by atoms with Crippen molar-refractivity contribution in [3.05, 3.63) is 63.1 Å². The number of nitrogens with two attached hydrogens (primary N) is 1. The summed E-state index contributed by atoms with van der Waals surface area (Å²) in [5.74, 6) is 5.09. The summed E-state index contributed by atoms with van der Waals surface area (Å²) in [7, 11) is 0. The summed E-state index contributed by atoms with van der Waals surface area (Å²) in [6, 6.07) is 6.41. The second kappa shape index (κ2) is 5.75. The molecule has 0 aliphatic heterocycles. The summed E-state index contributed by atoms with van der Waals surface area (Å²) in [6.07, 6.45) is 2.67. The molecule has 0 fully saturated rings. The van der Waals surface area contributed by atoms with Crippen LogP contribution < -0.4 is 11.3 Å². The molecule has 0 aliphatic rings. The number of halogens is 3. The lowest BCUT2D eigenvalue weighted by molar-refractivity contribution is 0.555. The molecule has 1 atom stereocenters. The minimum absolute atomic E-state index is 0.418. The van der Waals surface area contributed by atoms with Crippen LogP contribution in [0.4, 0.5) is 4.39 Å². The predicted molar refractivity (Wildman–Crippen MR) is 72.5 cm³/mol. The topological polar surface area (TPSA) is 50.9 Å². The van der Waals surface area contributed by atoms with Gasteiger partial charge in [0.05, 0.1) is 12.2 Å². The maximum atomic E-state index is 13.7. The van der Waals surface area contributed by atoms with Crippen LogP contribution in [0.15, 0.2) is 41.1 Å². The maximum Gasteiger partial charge on any atom is 0.146 e. The van der Waals surface area contributed by atoms with Gasteiger partial charge in [-0.15, -0.1) is 0 Å². The lowest BCUT2D eigenvalue weighted by Gasteiger charge is -2.17. The van der Waals surface area contributed by atoms with Crippen LogP contribution in [0, 0.1) is 5.82 Å². The molecule has 3 N–H and O–H groups in total. The Balaban J connectivity index is 2.48. The third-order valence-corrected chi connectivity index (χ3v) is 3.18. The van der Waals surface area contributed by atoms with Crippen molar-refractivity contribution in [3.63, 3.8) is 0 Å². The zero-order valence-electron chi connectivity index (χ0n) is 9.20. The van der Waals surface area contributed by atoms with E-state index in [9.17, 15) is 4.39 Å². The van der Waals surface area contributed by atoms with Gasteiger partial charge in [-0.05, 0) is 29.8 Å². The van der Waals surface area contributed by atoms with Gasteiger partial charge in [0, 0.05) is 21.3 Å². The van der Waals surface area contributed by atoms with Crippen LogP contribution in [-0.2, 0) is 0 Å². The Morgan fingerprint density at radius 2 is 2.17 bits per heavy atom. The van der Waals surface area contributed by atoms with Crippen LogP contribution in [-0.4, -0.2) is 4.98 Å². The number of aromatic nitrogens is 1. The quantitative estimate of drug-likeness (QED) is 0.671. The van der Waals surface area contributed by atoms with Crippen molar-refractivity contribution < 1.29 is 4.39 Å². The number of benzene rings is 1. The Labute approximate surface area is 117 Å². The molecular formula is C12H10BrClFN3. The van der Waals surface area contributed by atoms with E-state index in [4.69, 9.17) is 17.4 Å². The molecule has 1 aromatic heterocycles. The molecule has 2 aromatic rings. The minimum Gasteiger partial charge on any atom is -0.271 e. The molecule has 0 bridgehead atoms. The van der Waals surface area contributed by atoms with Crippen molar-refractivity contribution in [1.29, 1.82) is 0 Å². The fourth-order valence-corrected chi connectivity index (χ4v) is 2.61. The molecule has 0 amide bonds. The van der Waals surface area contributed by atoms with Crippen LogP contribution >= 0.6 is 27.5 Å². The molecule has 1 unspecified atom stereocenters. The SMILES string of the molecule is NNC(c1cc(Cl)cc(Br)c1)c1ccncc1F. The lowest BCUT2D eigenvalue weighted by Crippen LogP contribution is -2.29. The van der Waals surface area contributed by atoms with E-state index in [1.54, 1.807) is 18.2 Å². The minimum atomic E-state index is -0.483. The Kier molecular flexibility index (Phi) is 4.29. The van der Waals surface area contributed by atoms with Gasteiger partial charge < -0.3 is 0 Å². The first kappa shape index (κ1) is 13.4. The summed E-state index contributed by atoms with van der Waals surface area (Å²) >= 11 is 9.32. The summed E-state index contributed by atoms with van der Waals surface area (Å²) in [5.41, 5.74) is 3.77. The van der Waals surface area contributed by atoms with Gasteiger partial charge in [0.1, 0.15) is 5.82 Å². The van der Waals surface area contributed by atoms with E-state index in [-0.39, 0.29) is 0 Å². The van der Waals surface area contributed by atoms with E-state index < -0.39 is 11.9 Å². The average molecular weight is 331 g/mol. The fraction of sp³-hybridized carbons (Fsp3) is 0.0833. The molecule has 94 valence electrons. The number of pyridine rings is 1. The number of nitrogens with zero attached hydrogens (tertiary/aromatic N) is 1. The molecule has 0 saturated heterocycles. The lowest BCUT2D eigenvalue weighted by atomic mass is 10.00. The van der Waals surface area contributed by atoms with E-state index in [1.165, 1.54) is 6.20 Å². The summed E-state index contributed by atoms with van der Waals surface area (Å²) in [4.78, 5) is 3.71. The zero-order chi connectivity index (χ0) is 13.1. The first-order chi connectivity index (χ1) is 8.61. The summed E-state index contributed by atoms with van der Waals surface area (Å²) in [6.45, 7) is 0. The first-order valence-electron chi connectivity index (χ1n) is 5.13. The van der Waals surface area contributed by atoms with Gasteiger partial charge in [-0.3, -0.25) is 10.8 Å². The second-order valence-electron chi connectivity index (χ2n) is 3.70. The van der Waals surface area contributed by atoms with E-state index in [0.29, 0.717) is 10.6 Å². The standard InChI is InChI=1S/C12H10BrClFN3/c13-8-3-7(4-9(14)5-8)12(18-16)10-1-2-17-6-11(10)15/h1-6,12,18H,16H2. The molecule has 0 aliphatic carbocycles. The molecular weight excluding hydrogens is 321 g/mol. The summed E-state index contributed by atoms with van der Waals surface area (Å²) in [5, 5.41) is 0.550. The molecule has 6 heteroatoms. The first-order valence-corrected chi connectivity index (χ1v) is 6.30. The molecule has 0 spiro atoms. The zero-order valence-corrected chi connectivity index (χ0v) is 11.5. The highest BCUT2D eigenvalue weighted by Crippen LogP contribution is 2.28. The van der Waals surface area contributed by atoms with Crippen molar-refractivity contribution in [3.8, 4) is 0 Å². The van der Waals surface area contributed by atoms with Crippen LogP contribution in [0.2, 0.25) is 5.02 Å². The Bertz CT molecular complexity index is 545. The van der Waals surface area contributed by atoms with Crippen molar-refractivity contribution >= 4 is 27.5 Å². The predicted octanol–water partition coefficient (Wildman–Crippen LogP) is 3.19. The third kappa shape index (κ3) is 2.87. The molecule has 2 rings (SSSR count). The van der Waals surface area contributed by atoms with E-state index in [1.807, 2.05) is 6.07 Å². The van der Waals surface area contributed by atoms with E-state index >= 15 is 0 Å². The maximum absolute atomic E-state index is 13.7. The van der Waals surface area contributed by atoms with E-state index in [0.717, 1.165) is 16.2 Å². The average Bonchev–Trinajstić information content (AvgIpc) is 2.31. The molecule has 0 radical (unpaired) electrons. The molecule has 1 heterocycles. The molecule has 18 heavy (non-hydrogen) atoms. The number of hydrazine groups is 1. The smallest absolute Gasteiger partial charge is 0.146 e. The normalized spacial score (nSPS) is 12.4. The molecule has 3 nitrogen and oxygen atoms in total. The van der Waals surface area contributed by atoms with Crippen molar-refractivity contribution in [1.82, 2.24) is 10.4 Å². The van der Waals surface area contributed by atoms with Gasteiger partial charge in [-0.2, -0.15) is 0 Å². The van der Waals surface area contributed by atoms with Gasteiger partial charge in [-0.25, -0.2) is 9.82 Å². The van der Waals surface area contributed by atoms with Crippen LogP contribution in [0.5, 0.6) is 0 Å². The Morgan fingerprint density at radius 3 is 2.78 bits per heavy atom. The fourth-order valence-electron chi connectivity index (χ4n) is 1.73. The molecule has 0 saturated carbocycles. The second-order valence-corrected chi connectivity index (χ2v) is 5.05. The van der Waals surface area contributed by atoms with Gasteiger partial charge >= 0.3 is 0 Å². The van der Waals surface area contributed by atoms with Gasteiger partial charge in [0.25, 0.3) is 0 Å². The molecule has 1 aromatic carbocycles. The highest BCUT2D eigenvalue weighted by Gasteiger charge is 2.17. The van der Waals surface area contributed by atoms with Gasteiger partial charge in [-0.1, -0.05) is 27.5 Å². The van der Waals surface area contributed by atoms with E-state index in [2.05, 4.69) is 26.3 Å². The van der Waals surface area contributed by atoms with Crippen molar-refractivity contribution in [2.75, 3.05) is 0 Å². The number of hydrogen-bond acceptors (Lipinski definition) is 3. The van der Waals surface area contributed by atoms with Crippen molar-refractivity contribution in [2.24, 2.45) is 5.84 Å². The summed E-state index contributed by atoms with van der Waals surface area (Å²) < 4.78 is 14.5. The number of nitrogens with one attached hydrogen (secondary N) is 1. The Hall–Kier alpha value is -1.01. The monoisotopic (exact) mass is 329 g/mol. The number of hydrogen-bond donors (Lipinski definition) is 2. The largest absolute Gasteiger partial charge is 0.271 e. The van der Waals surface area contributed by atoms with Crippen LogP contribution in [0.25, 0.3) is 0 Å². The highest BCUT2D eigenvalue weighted by molar-refractivity contribution is 9.10. The third-order valence-electron chi connectivity index (χ3n) is 2.50. The van der Waals surface area contributed by atoms with Gasteiger partial charge in [0.15, 0.2) is 0 Å².